The lowest BCUT2D eigenvalue weighted by Gasteiger charge is -2.18. The molecule has 2 unspecified atom stereocenters. The van der Waals surface area contributed by atoms with Crippen LogP contribution >= 0.6 is 11.6 Å². The van der Waals surface area contributed by atoms with Gasteiger partial charge in [-0.1, -0.05) is 42.8 Å². The van der Waals surface area contributed by atoms with Crippen molar-refractivity contribution in [3.63, 3.8) is 0 Å². The van der Waals surface area contributed by atoms with E-state index in [4.69, 9.17) is 21.4 Å². The number of carboxylic acids is 1. The molecule has 0 aliphatic rings. The SMILES string of the molecule is CCC(Oc1ccccc1Cl)C(=O)Nc1cccc(C(C)C(=O)O)c1. The van der Waals surface area contributed by atoms with Crippen LogP contribution in [0, 0.1) is 0 Å². The highest BCUT2D eigenvalue weighted by atomic mass is 35.5. The van der Waals surface area contributed by atoms with Crippen LogP contribution in [0.2, 0.25) is 5.02 Å². The van der Waals surface area contributed by atoms with Crippen LogP contribution in [0.3, 0.4) is 0 Å². The molecule has 0 spiro atoms. The monoisotopic (exact) mass is 361 g/mol. The average molecular weight is 362 g/mol. The van der Waals surface area contributed by atoms with E-state index in [2.05, 4.69) is 5.32 Å². The van der Waals surface area contributed by atoms with E-state index in [0.717, 1.165) is 0 Å². The number of carbonyl (C=O) groups is 2. The normalized spacial score (nSPS) is 12.9. The third-order valence-corrected chi connectivity index (χ3v) is 4.11. The van der Waals surface area contributed by atoms with E-state index in [1.807, 2.05) is 6.92 Å². The highest BCUT2D eigenvalue weighted by Crippen LogP contribution is 2.25. The summed E-state index contributed by atoms with van der Waals surface area (Å²) in [5.41, 5.74) is 1.14. The Labute approximate surface area is 151 Å². The Morgan fingerprint density at radius 3 is 2.56 bits per heavy atom. The van der Waals surface area contributed by atoms with Gasteiger partial charge in [-0.3, -0.25) is 9.59 Å². The number of hydrogen-bond donors (Lipinski definition) is 2. The molecule has 0 heterocycles. The Hall–Kier alpha value is -2.53. The standard InChI is InChI=1S/C19H20ClNO4/c1-3-16(25-17-10-5-4-9-15(17)20)18(22)21-14-8-6-7-13(11-14)12(2)19(23)24/h4-12,16H,3H2,1-2H3,(H,21,22)(H,23,24). The van der Waals surface area contributed by atoms with E-state index < -0.39 is 18.0 Å². The molecule has 0 saturated carbocycles. The van der Waals surface area contributed by atoms with Crippen molar-refractivity contribution in [2.24, 2.45) is 0 Å². The number of halogens is 1. The largest absolute Gasteiger partial charge is 0.481 e. The van der Waals surface area contributed by atoms with Crippen molar-refractivity contribution in [1.82, 2.24) is 0 Å². The van der Waals surface area contributed by atoms with Crippen molar-refractivity contribution in [2.75, 3.05) is 5.32 Å². The molecule has 6 heteroatoms. The number of anilines is 1. The fourth-order valence-electron chi connectivity index (χ4n) is 2.27. The first-order chi connectivity index (χ1) is 11.9. The zero-order chi connectivity index (χ0) is 18.4. The molecule has 0 aliphatic carbocycles. The second-order valence-corrected chi connectivity index (χ2v) is 6.03. The molecule has 1 amide bonds. The van der Waals surface area contributed by atoms with Gasteiger partial charge in [0.2, 0.25) is 0 Å². The molecule has 5 nitrogen and oxygen atoms in total. The minimum absolute atomic E-state index is 0.317. The summed E-state index contributed by atoms with van der Waals surface area (Å²) in [4.78, 5) is 23.6. The summed E-state index contributed by atoms with van der Waals surface area (Å²) in [6.07, 6.45) is -0.247. The van der Waals surface area contributed by atoms with E-state index in [9.17, 15) is 9.59 Å². The van der Waals surface area contributed by atoms with Gasteiger partial charge < -0.3 is 15.2 Å². The summed E-state index contributed by atoms with van der Waals surface area (Å²) in [6.45, 7) is 3.43. The number of rotatable bonds is 7. The fraction of sp³-hybridized carbons (Fsp3) is 0.263. The average Bonchev–Trinajstić information content (AvgIpc) is 2.60. The minimum Gasteiger partial charge on any atom is -0.481 e. The van der Waals surface area contributed by atoms with E-state index in [1.165, 1.54) is 0 Å². The Morgan fingerprint density at radius 1 is 1.20 bits per heavy atom. The molecule has 2 atom stereocenters. The van der Waals surface area contributed by atoms with Crippen LogP contribution in [0.25, 0.3) is 0 Å². The van der Waals surface area contributed by atoms with Gasteiger partial charge in [-0.25, -0.2) is 0 Å². The first-order valence-electron chi connectivity index (χ1n) is 7.97. The zero-order valence-electron chi connectivity index (χ0n) is 14.0. The maximum Gasteiger partial charge on any atom is 0.310 e. The molecule has 0 saturated heterocycles. The van der Waals surface area contributed by atoms with E-state index in [-0.39, 0.29) is 5.91 Å². The Bertz CT molecular complexity index is 763. The van der Waals surface area contributed by atoms with Crippen LogP contribution in [-0.2, 0) is 9.59 Å². The first-order valence-corrected chi connectivity index (χ1v) is 8.35. The smallest absolute Gasteiger partial charge is 0.310 e. The molecule has 2 N–H and O–H groups in total. The van der Waals surface area contributed by atoms with Gasteiger partial charge in [0.05, 0.1) is 10.9 Å². The molecule has 25 heavy (non-hydrogen) atoms. The summed E-state index contributed by atoms with van der Waals surface area (Å²) in [5, 5.41) is 12.3. The molecule has 0 aliphatic heterocycles. The van der Waals surface area contributed by atoms with E-state index in [0.29, 0.717) is 28.4 Å². The van der Waals surface area contributed by atoms with Gasteiger partial charge in [0, 0.05) is 5.69 Å². The van der Waals surface area contributed by atoms with Gasteiger partial charge in [-0.05, 0) is 43.2 Å². The van der Waals surface area contributed by atoms with Crippen LogP contribution < -0.4 is 10.1 Å². The Balaban J connectivity index is 2.10. The van der Waals surface area contributed by atoms with Crippen molar-refractivity contribution in [3.05, 3.63) is 59.1 Å². The van der Waals surface area contributed by atoms with Crippen LogP contribution in [0.4, 0.5) is 5.69 Å². The lowest BCUT2D eigenvalue weighted by atomic mass is 10.0. The predicted octanol–water partition coefficient (Wildman–Crippen LogP) is 4.32. The fourth-order valence-corrected chi connectivity index (χ4v) is 2.45. The number of benzene rings is 2. The number of para-hydroxylation sites is 1. The maximum absolute atomic E-state index is 12.5. The number of carbonyl (C=O) groups excluding carboxylic acids is 1. The number of amides is 1. The van der Waals surface area contributed by atoms with Gasteiger partial charge in [-0.2, -0.15) is 0 Å². The predicted molar refractivity (Wildman–Crippen MR) is 97.3 cm³/mol. The van der Waals surface area contributed by atoms with Crippen LogP contribution in [-0.4, -0.2) is 23.1 Å². The summed E-state index contributed by atoms with van der Waals surface area (Å²) in [6, 6.07) is 13.7. The number of aliphatic carboxylic acids is 1. The quantitative estimate of drug-likeness (QED) is 0.769. The molecule has 132 valence electrons. The van der Waals surface area contributed by atoms with E-state index >= 15 is 0 Å². The molecule has 0 fully saturated rings. The molecule has 0 radical (unpaired) electrons. The van der Waals surface area contributed by atoms with Crippen LogP contribution in [0.1, 0.15) is 31.7 Å². The molecular weight excluding hydrogens is 342 g/mol. The van der Waals surface area contributed by atoms with Crippen molar-refractivity contribution in [1.29, 1.82) is 0 Å². The Morgan fingerprint density at radius 2 is 1.92 bits per heavy atom. The lowest BCUT2D eigenvalue weighted by molar-refractivity contribution is -0.138. The zero-order valence-corrected chi connectivity index (χ0v) is 14.8. The molecular formula is C19H20ClNO4. The van der Waals surface area contributed by atoms with Gasteiger partial charge >= 0.3 is 5.97 Å². The van der Waals surface area contributed by atoms with Crippen LogP contribution in [0.15, 0.2) is 48.5 Å². The lowest BCUT2D eigenvalue weighted by Crippen LogP contribution is -2.32. The third-order valence-electron chi connectivity index (χ3n) is 3.79. The van der Waals surface area contributed by atoms with Crippen LogP contribution in [0.5, 0.6) is 5.75 Å². The topological polar surface area (TPSA) is 75.6 Å². The second-order valence-electron chi connectivity index (χ2n) is 5.62. The van der Waals surface area contributed by atoms with Crippen molar-refractivity contribution >= 4 is 29.2 Å². The Kier molecular flexibility index (Phi) is 6.42. The van der Waals surface area contributed by atoms with Crippen molar-refractivity contribution < 1.29 is 19.4 Å². The van der Waals surface area contributed by atoms with E-state index in [1.54, 1.807) is 55.5 Å². The maximum atomic E-state index is 12.5. The molecule has 0 bridgehead atoms. The highest BCUT2D eigenvalue weighted by Gasteiger charge is 2.20. The highest BCUT2D eigenvalue weighted by molar-refractivity contribution is 6.32. The molecule has 2 aromatic rings. The summed E-state index contributed by atoms with van der Waals surface area (Å²) in [5.74, 6) is -1.45. The minimum atomic E-state index is -0.919. The van der Waals surface area contributed by atoms with Gasteiger partial charge in [0.25, 0.3) is 5.91 Å². The van der Waals surface area contributed by atoms with Crippen molar-refractivity contribution in [2.45, 2.75) is 32.3 Å². The van der Waals surface area contributed by atoms with Gasteiger partial charge in [0.15, 0.2) is 6.10 Å². The number of carboxylic acid groups (broad SMARTS) is 1. The first kappa shape index (κ1) is 18.8. The summed E-state index contributed by atoms with van der Waals surface area (Å²) < 4.78 is 5.71. The van der Waals surface area contributed by atoms with Gasteiger partial charge in [-0.15, -0.1) is 0 Å². The second kappa shape index (κ2) is 8.53. The molecule has 0 aromatic heterocycles. The number of hydrogen-bond acceptors (Lipinski definition) is 3. The number of ether oxygens (including phenoxy) is 1. The van der Waals surface area contributed by atoms with Crippen molar-refractivity contribution in [3.8, 4) is 5.75 Å². The summed E-state index contributed by atoms with van der Waals surface area (Å²) in [7, 11) is 0. The van der Waals surface area contributed by atoms with Gasteiger partial charge in [0.1, 0.15) is 5.75 Å². The third kappa shape index (κ3) is 4.97. The molecule has 2 rings (SSSR count). The summed E-state index contributed by atoms with van der Waals surface area (Å²) >= 11 is 6.06. The molecule has 2 aromatic carbocycles. The number of nitrogens with one attached hydrogen (secondary N) is 1.